The lowest BCUT2D eigenvalue weighted by Crippen LogP contribution is -2.53. The maximum atomic E-state index is 12.9. The number of carbonyl (C=O) groups excluding carboxylic acids is 3. The number of ether oxygens (including phenoxy) is 2. The number of amides is 4. The Kier molecular flexibility index (Phi) is 7.37. The summed E-state index contributed by atoms with van der Waals surface area (Å²) in [7, 11) is 1.50. The zero-order chi connectivity index (χ0) is 24.2. The molecule has 1 aliphatic heterocycles. The number of benzene rings is 2. The van der Waals surface area contributed by atoms with Crippen molar-refractivity contribution in [3.63, 3.8) is 0 Å². The topological polar surface area (TPSA) is 98.1 Å². The Morgan fingerprint density at radius 2 is 1.91 bits per heavy atom. The molecule has 10 heteroatoms. The normalized spacial score (nSPS) is 15.0. The van der Waals surface area contributed by atoms with Crippen LogP contribution in [0.1, 0.15) is 16.9 Å². The van der Waals surface area contributed by atoms with Crippen molar-refractivity contribution >= 4 is 62.4 Å². The van der Waals surface area contributed by atoms with Crippen molar-refractivity contribution in [2.75, 3.05) is 7.11 Å². The van der Waals surface area contributed by atoms with E-state index in [9.17, 15) is 14.4 Å². The number of rotatable bonds is 7. The molecule has 0 saturated carbocycles. The molecule has 2 heterocycles. The Hall–Kier alpha value is -3.12. The predicted octanol–water partition coefficient (Wildman–Crippen LogP) is 4.90. The van der Waals surface area contributed by atoms with Crippen molar-refractivity contribution in [3.05, 3.63) is 85.3 Å². The Labute approximate surface area is 217 Å². The van der Waals surface area contributed by atoms with E-state index in [4.69, 9.17) is 13.9 Å². The first-order valence-corrected chi connectivity index (χ1v) is 11.9. The third kappa shape index (κ3) is 5.33. The van der Waals surface area contributed by atoms with Crippen LogP contribution < -0.4 is 14.8 Å². The number of barbiturate groups is 1. The summed E-state index contributed by atoms with van der Waals surface area (Å²) in [5, 5.41) is 2.19. The van der Waals surface area contributed by atoms with Crippen LogP contribution in [0.2, 0.25) is 0 Å². The van der Waals surface area contributed by atoms with Crippen molar-refractivity contribution in [3.8, 4) is 11.5 Å². The number of methoxy groups -OCH3 is 1. The number of nitrogens with one attached hydrogen (secondary N) is 1. The highest BCUT2D eigenvalue weighted by Crippen LogP contribution is 2.38. The number of hydrogen-bond acceptors (Lipinski definition) is 6. The minimum atomic E-state index is -0.804. The highest BCUT2D eigenvalue weighted by Gasteiger charge is 2.36. The van der Waals surface area contributed by atoms with Crippen LogP contribution >= 0.6 is 38.5 Å². The number of halogens is 2. The van der Waals surface area contributed by atoms with Crippen LogP contribution in [0, 0.1) is 3.57 Å². The number of hydrogen-bond donors (Lipinski definition) is 1. The molecular formula is C24H18BrIN2O6. The van der Waals surface area contributed by atoms with Gasteiger partial charge in [0.15, 0.2) is 11.5 Å². The van der Waals surface area contributed by atoms with E-state index in [0.717, 1.165) is 14.0 Å². The van der Waals surface area contributed by atoms with Gasteiger partial charge >= 0.3 is 6.03 Å². The Morgan fingerprint density at radius 1 is 1.15 bits per heavy atom. The van der Waals surface area contributed by atoms with Gasteiger partial charge in [-0.05, 0) is 92.1 Å². The van der Waals surface area contributed by atoms with Crippen LogP contribution in [0.15, 0.2) is 69.3 Å². The maximum Gasteiger partial charge on any atom is 0.331 e. The van der Waals surface area contributed by atoms with Gasteiger partial charge in [0.1, 0.15) is 17.9 Å². The Morgan fingerprint density at radius 3 is 2.59 bits per heavy atom. The molecule has 0 unspecified atom stereocenters. The summed E-state index contributed by atoms with van der Waals surface area (Å²) in [6, 6.07) is 13.8. The van der Waals surface area contributed by atoms with Gasteiger partial charge in [0, 0.05) is 3.57 Å². The molecule has 1 aromatic heterocycles. The van der Waals surface area contributed by atoms with E-state index in [1.807, 2.05) is 24.3 Å². The summed E-state index contributed by atoms with van der Waals surface area (Å²) in [6.07, 6.45) is 2.84. The minimum absolute atomic E-state index is 0.0966. The van der Waals surface area contributed by atoms with Crippen molar-refractivity contribution < 1.29 is 28.3 Å². The molecule has 174 valence electrons. The fourth-order valence-corrected chi connectivity index (χ4v) is 4.20. The quantitative estimate of drug-likeness (QED) is 0.225. The van der Waals surface area contributed by atoms with Crippen LogP contribution in [0.5, 0.6) is 11.5 Å². The van der Waals surface area contributed by atoms with Gasteiger partial charge in [-0.15, -0.1) is 0 Å². The zero-order valence-electron chi connectivity index (χ0n) is 17.8. The Bertz CT molecular complexity index is 1270. The van der Waals surface area contributed by atoms with Crippen molar-refractivity contribution in [1.82, 2.24) is 10.2 Å². The van der Waals surface area contributed by atoms with Gasteiger partial charge in [-0.2, -0.15) is 0 Å². The first kappa shape index (κ1) is 24.0. The maximum absolute atomic E-state index is 12.9. The molecule has 2 aromatic carbocycles. The second kappa shape index (κ2) is 10.4. The molecule has 4 rings (SSSR count). The van der Waals surface area contributed by atoms with Gasteiger partial charge in [0.25, 0.3) is 11.8 Å². The van der Waals surface area contributed by atoms with Crippen LogP contribution in [0.3, 0.4) is 0 Å². The van der Waals surface area contributed by atoms with E-state index < -0.39 is 17.8 Å². The van der Waals surface area contributed by atoms with Crippen molar-refractivity contribution in [2.24, 2.45) is 0 Å². The molecule has 0 aliphatic carbocycles. The highest BCUT2D eigenvalue weighted by atomic mass is 127. The number of carbonyl (C=O) groups is 3. The molecule has 3 aromatic rings. The first-order chi connectivity index (χ1) is 16.4. The molecule has 34 heavy (non-hydrogen) atoms. The minimum Gasteiger partial charge on any atom is -0.493 e. The molecule has 0 atom stereocenters. The average Bonchev–Trinajstić information content (AvgIpc) is 3.33. The third-order valence-electron chi connectivity index (χ3n) is 4.94. The van der Waals surface area contributed by atoms with Crippen LogP contribution in [-0.2, 0) is 22.7 Å². The molecular weight excluding hydrogens is 619 g/mol. The van der Waals surface area contributed by atoms with E-state index in [0.29, 0.717) is 33.9 Å². The van der Waals surface area contributed by atoms with Crippen LogP contribution in [0.25, 0.3) is 6.08 Å². The Balaban J connectivity index is 1.59. The fourth-order valence-electron chi connectivity index (χ4n) is 3.26. The predicted molar refractivity (Wildman–Crippen MR) is 135 cm³/mol. The molecule has 8 nitrogen and oxygen atoms in total. The van der Waals surface area contributed by atoms with Gasteiger partial charge in [-0.1, -0.05) is 12.1 Å². The van der Waals surface area contributed by atoms with Crippen LogP contribution in [-0.4, -0.2) is 29.9 Å². The lowest BCUT2D eigenvalue weighted by Gasteiger charge is -2.25. The second-order valence-electron chi connectivity index (χ2n) is 7.24. The van der Waals surface area contributed by atoms with Gasteiger partial charge < -0.3 is 13.9 Å². The summed E-state index contributed by atoms with van der Waals surface area (Å²) in [6.45, 7) is 0.234. The van der Waals surface area contributed by atoms with Crippen molar-refractivity contribution in [1.29, 1.82) is 0 Å². The first-order valence-electron chi connectivity index (χ1n) is 10.0. The summed E-state index contributed by atoms with van der Waals surface area (Å²) in [5.74, 6) is -0.188. The smallest absolute Gasteiger partial charge is 0.331 e. The largest absolute Gasteiger partial charge is 0.493 e. The lowest BCUT2D eigenvalue weighted by molar-refractivity contribution is -0.130. The lowest BCUT2D eigenvalue weighted by atomic mass is 10.1. The molecule has 4 amide bonds. The van der Waals surface area contributed by atoms with E-state index in [2.05, 4.69) is 43.8 Å². The second-order valence-corrected chi connectivity index (χ2v) is 9.34. The van der Waals surface area contributed by atoms with Gasteiger partial charge in [0.05, 0.1) is 24.4 Å². The van der Waals surface area contributed by atoms with Crippen molar-refractivity contribution in [2.45, 2.75) is 13.2 Å². The molecule has 1 fully saturated rings. The number of imide groups is 2. The van der Waals surface area contributed by atoms with E-state index in [1.54, 1.807) is 24.3 Å². The van der Waals surface area contributed by atoms with Gasteiger partial charge in [0.2, 0.25) is 0 Å². The van der Waals surface area contributed by atoms with Gasteiger partial charge in [-0.25, -0.2) is 4.79 Å². The molecule has 0 spiro atoms. The highest BCUT2D eigenvalue weighted by molar-refractivity contribution is 14.1. The molecule has 1 saturated heterocycles. The van der Waals surface area contributed by atoms with E-state index in [-0.39, 0.29) is 12.1 Å². The molecule has 0 bridgehead atoms. The van der Waals surface area contributed by atoms with E-state index >= 15 is 0 Å². The fraction of sp³-hybridized carbons (Fsp3) is 0.125. The SMILES string of the molecule is COc1cc(/C=C2\C(=O)NC(=O)N(Cc3ccco3)C2=O)cc(Br)c1OCc1ccc(I)cc1. The van der Waals surface area contributed by atoms with Crippen LogP contribution in [0.4, 0.5) is 4.79 Å². The molecule has 0 radical (unpaired) electrons. The zero-order valence-corrected chi connectivity index (χ0v) is 21.6. The number of nitrogens with zero attached hydrogens (tertiary/aromatic N) is 1. The summed E-state index contributed by atoms with van der Waals surface area (Å²) in [4.78, 5) is 38.5. The third-order valence-corrected chi connectivity index (χ3v) is 6.25. The average molecular weight is 637 g/mol. The summed E-state index contributed by atoms with van der Waals surface area (Å²) < 4.78 is 18.4. The summed E-state index contributed by atoms with van der Waals surface area (Å²) in [5.41, 5.74) is 1.31. The number of furan rings is 1. The standard InChI is InChI=1S/C24H18BrIN2O6/c1-32-20-11-15(10-19(25)21(20)34-13-14-4-6-16(26)7-5-14)9-18-22(29)27-24(31)28(23(18)30)12-17-3-2-8-33-17/h2-11H,12-13H2,1H3,(H,27,29,31)/b18-9+. The number of urea groups is 1. The summed E-state index contributed by atoms with van der Waals surface area (Å²) >= 11 is 5.72. The van der Waals surface area contributed by atoms with Gasteiger partial charge in [-0.3, -0.25) is 19.8 Å². The van der Waals surface area contributed by atoms with E-state index in [1.165, 1.54) is 19.4 Å². The molecule has 1 aliphatic rings. The molecule has 1 N–H and O–H groups in total. The monoisotopic (exact) mass is 636 g/mol.